The molecule has 252 valence electrons. The van der Waals surface area contributed by atoms with E-state index in [4.69, 9.17) is 21.2 Å². The normalized spacial score (nSPS) is 29.1. The van der Waals surface area contributed by atoms with Gasteiger partial charge in [-0.2, -0.15) is 5.06 Å². The van der Waals surface area contributed by atoms with Gasteiger partial charge >= 0.3 is 0 Å². The number of carbonyl (C=O) groups excluding carboxylic acids is 1. The summed E-state index contributed by atoms with van der Waals surface area (Å²) < 4.78 is 6.03. The molecule has 1 aliphatic heterocycles. The molecule has 1 amide bonds. The molecule has 46 heavy (non-hydrogen) atoms. The first-order valence-corrected chi connectivity index (χ1v) is 16.7. The van der Waals surface area contributed by atoms with Crippen molar-refractivity contribution >= 4 is 28.9 Å². The van der Waals surface area contributed by atoms with Crippen LogP contribution >= 0.6 is 11.6 Å². The van der Waals surface area contributed by atoms with Crippen LogP contribution in [-0.4, -0.2) is 80.3 Å². The van der Waals surface area contributed by atoms with Crippen LogP contribution in [0.25, 0.3) is 16.8 Å². The standard InChI is InChI=1S/C36H51ClN4O5/c1-19-28-15-24(36(28,4)5)16-30(19)39-35(44)33-32(21(3)43)31(18-42)46-41(33)17-27-29(37)11-10-26(34(27)45-9)23-12-22(20(2)38-6)13-25(14-23)40(7)8/h10-14,19,21,24,28,30-33,38,42-43H,2,15-18H2,1,3-9H3,(H,39,44)/t19-,21-,24+,28-,30-,31-,32+,33-/m0/s1. The fraction of sp³-hybridized carbons (Fsp3) is 0.583. The van der Waals surface area contributed by atoms with Gasteiger partial charge < -0.3 is 30.5 Å². The Hall–Kier alpha value is -2.82. The van der Waals surface area contributed by atoms with E-state index >= 15 is 0 Å². The zero-order chi connectivity index (χ0) is 33.7. The van der Waals surface area contributed by atoms with Gasteiger partial charge in [0.25, 0.3) is 0 Å². The van der Waals surface area contributed by atoms with Gasteiger partial charge in [-0.05, 0) is 84.4 Å². The van der Waals surface area contributed by atoms with E-state index in [2.05, 4.69) is 50.1 Å². The molecule has 9 nitrogen and oxygen atoms in total. The van der Waals surface area contributed by atoms with Crippen LogP contribution in [0.3, 0.4) is 0 Å². The lowest BCUT2D eigenvalue weighted by molar-refractivity contribution is -0.183. The summed E-state index contributed by atoms with van der Waals surface area (Å²) in [6.07, 6.45) is 0.484. The van der Waals surface area contributed by atoms with Crippen molar-refractivity contribution in [3.8, 4) is 16.9 Å². The highest BCUT2D eigenvalue weighted by Gasteiger charge is 2.57. The summed E-state index contributed by atoms with van der Waals surface area (Å²) in [6, 6.07) is 9.13. The molecule has 6 rings (SSSR count). The van der Waals surface area contributed by atoms with Gasteiger partial charge in [0, 0.05) is 60.6 Å². The van der Waals surface area contributed by atoms with E-state index in [1.54, 1.807) is 19.1 Å². The summed E-state index contributed by atoms with van der Waals surface area (Å²) in [5.41, 5.74) is 5.37. The van der Waals surface area contributed by atoms with Crippen LogP contribution in [0, 0.1) is 29.1 Å². The number of anilines is 1. The third-order valence-electron chi connectivity index (χ3n) is 11.2. The zero-order valence-corrected chi connectivity index (χ0v) is 29.2. The van der Waals surface area contributed by atoms with Gasteiger partial charge in [0.1, 0.15) is 17.9 Å². The SMILES string of the molecule is C=C(NC)c1cc(-c2ccc(Cl)c(CN3O[C@@H](CO)[C@@H]([C@H](C)O)[C@H]3C(=O)N[C@H]3C[C@H]4C[C@@H]([C@@H]3C)C4(C)C)c2OC)cc(N(C)C)c1. The first-order valence-electron chi connectivity index (χ1n) is 16.3. The lowest BCUT2D eigenvalue weighted by Crippen LogP contribution is -2.62. The van der Waals surface area contributed by atoms with Gasteiger partial charge in [0.05, 0.1) is 26.4 Å². The number of aliphatic hydroxyl groups is 2. The van der Waals surface area contributed by atoms with Crippen LogP contribution < -0.4 is 20.3 Å². The number of rotatable bonds is 11. The zero-order valence-electron chi connectivity index (χ0n) is 28.4. The molecule has 2 aromatic rings. The maximum absolute atomic E-state index is 14.2. The van der Waals surface area contributed by atoms with E-state index in [1.807, 2.05) is 44.2 Å². The quantitative estimate of drug-likeness (QED) is 0.270. The molecule has 0 radical (unpaired) electrons. The highest BCUT2D eigenvalue weighted by atomic mass is 35.5. The molecule has 1 saturated heterocycles. The van der Waals surface area contributed by atoms with Crippen LogP contribution in [-0.2, 0) is 16.2 Å². The van der Waals surface area contributed by atoms with Crippen molar-refractivity contribution < 1.29 is 24.6 Å². The monoisotopic (exact) mass is 654 g/mol. The summed E-state index contributed by atoms with van der Waals surface area (Å²) in [5.74, 6) is 1.18. The second kappa shape index (κ2) is 13.4. The Bertz CT molecular complexity index is 1460. The van der Waals surface area contributed by atoms with Gasteiger partial charge in [-0.25, -0.2) is 0 Å². The fourth-order valence-corrected chi connectivity index (χ4v) is 8.40. The summed E-state index contributed by atoms with van der Waals surface area (Å²) in [4.78, 5) is 22.4. The third-order valence-corrected chi connectivity index (χ3v) is 11.5. The molecule has 4 N–H and O–H groups in total. The number of fused-ring (bicyclic) bond motifs is 2. The number of hydrogen-bond donors (Lipinski definition) is 4. The number of hydrogen-bond acceptors (Lipinski definition) is 8. The Morgan fingerprint density at radius 3 is 2.54 bits per heavy atom. The predicted octanol–water partition coefficient (Wildman–Crippen LogP) is 4.93. The fourth-order valence-electron chi connectivity index (χ4n) is 8.20. The summed E-state index contributed by atoms with van der Waals surface area (Å²) in [7, 11) is 7.41. The van der Waals surface area contributed by atoms with Crippen LogP contribution in [0.5, 0.6) is 5.75 Å². The lowest BCUT2D eigenvalue weighted by atomic mass is 9.45. The van der Waals surface area contributed by atoms with Gasteiger partial charge in [0.15, 0.2) is 0 Å². The molecule has 4 aliphatic rings. The molecule has 0 spiro atoms. The minimum atomic E-state index is -0.898. The maximum atomic E-state index is 14.2. The van der Waals surface area contributed by atoms with Crippen molar-refractivity contribution in [1.29, 1.82) is 0 Å². The van der Waals surface area contributed by atoms with Crippen LogP contribution in [0.15, 0.2) is 36.9 Å². The predicted molar refractivity (Wildman–Crippen MR) is 183 cm³/mol. The maximum Gasteiger partial charge on any atom is 0.240 e. The van der Waals surface area contributed by atoms with Crippen molar-refractivity contribution in [2.75, 3.05) is 39.8 Å². The molecular formula is C36H51ClN4O5. The van der Waals surface area contributed by atoms with Gasteiger partial charge in [-0.1, -0.05) is 39.0 Å². The molecule has 2 aromatic carbocycles. The molecular weight excluding hydrogens is 604 g/mol. The highest BCUT2D eigenvalue weighted by Crippen LogP contribution is 2.61. The number of hydroxylamine groups is 2. The first-order chi connectivity index (χ1) is 21.7. The van der Waals surface area contributed by atoms with Crippen molar-refractivity contribution in [3.05, 3.63) is 53.1 Å². The average molecular weight is 655 g/mol. The van der Waals surface area contributed by atoms with Crippen LogP contribution in [0.1, 0.15) is 51.7 Å². The number of ether oxygens (including phenoxy) is 1. The van der Waals surface area contributed by atoms with Crippen molar-refractivity contribution in [3.63, 3.8) is 0 Å². The minimum absolute atomic E-state index is 0.0425. The largest absolute Gasteiger partial charge is 0.496 e. The number of methoxy groups -OCH3 is 1. The van der Waals surface area contributed by atoms with Gasteiger partial charge in [-0.15, -0.1) is 0 Å². The molecule has 3 aliphatic carbocycles. The van der Waals surface area contributed by atoms with Crippen molar-refractivity contribution in [2.45, 2.75) is 71.4 Å². The summed E-state index contributed by atoms with van der Waals surface area (Å²) >= 11 is 6.86. The topological polar surface area (TPSA) is 107 Å². The molecule has 4 fully saturated rings. The van der Waals surface area contributed by atoms with E-state index in [1.165, 1.54) is 6.42 Å². The molecule has 3 saturated carbocycles. The Morgan fingerprint density at radius 1 is 1.26 bits per heavy atom. The third kappa shape index (κ3) is 6.13. The number of nitrogens with zero attached hydrogens (tertiary/aromatic N) is 2. The molecule has 8 atom stereocenters. The Balaban J connectivity index is 1.50. The number of aliphatic hydroxyl groups excluding tert-OH is 2. The van der Waals surface area contributed by atoms with Gasteiger partial charge in [-0.3, -0.25) is 9.63 Å². The second-order valence-corrected chi connectivity index (χ2v) is 14.6. The molecule has 2 bridgehead atoms. The molecule has 10 heteroatoms. The molecule has 0 aromatic heterocycles. The van der Waals surface area contributed by atoms with Crippen LogP contribution in [0.2, 0.25) is 5.02 Å². The number of carbonyl (C=O) groups is 1. The van der Waals surface area contributed by atoms with Gasteiger partial charge in [0.2, 0.25) is 5.91 Å². The Morgan fingerprint density at radius 2 is 1.98 bits per heavy atom. The minimum Gasteiger partial charge on any atom is -0.496 e. The van der Waals surface area contributed by atoms with E-state index < -0.39 is 24.2 Å². The van der Waals surface area contributed by atoms with E-state index in [-0.39, 0.29) is 25.1 Å². The van der Waals surface area contributed by atoms with Crippen molar-refractivity contribution in [1.82, 2.24) is 15.7 Å². The average Bonchev–Trinajstić information content (AvgIpc) is 3.40. The van der Waals surface area contributed by atoms with E-state index in [9.17, 15) is 15.0 Å². The Labute approximate surface area is 278 Å². The number of halogens is 1. The molecule has 1 heterocycles. The lowest BCUT2D eigenvalue weighted by Gasteiger charge is -2.62. The van der Waals surface area contributed by atoms with E-state index in [0.717, 1.165) is 34.5 Å². The molecule has 0 unspecified atom stereocenters. The Kier molecular flexibility index (Phi) is 10.0. The first kappa shape index (κ1) is 34.5. The summed E-state index contributed by atoms with van der Waals surface area (Å²) in [5, 5.41) is 29.7. The van der Waals surface area contributed by atoms with Crippen LogP contribution in [0.4, 0.5) is 5.69 Å². The summed E-state index contributed by atoms with van der Waals surface area (Å²) in [6.45, 7) is 12.5. The number of nitrogens with one attached hydrogen (secondary N) is 2. The number of amides is 1. The number of benzene rings is 2. The highest BCUT2D eigenvalue weighted by molar-refractivity contribution is 6.31. The van der Waals surface area contributed by atoms with Crippen molar-refractivity contribution in [2.24, 2.45) is 29.1 Å². The van der Waals surface area contributed by atoms with E-state index in [0.29, 0.717) is 39.5 Å². The smallest absolute Gasteiger partial charge is 0.240 e. The second-order valence-electron chi connectivity index (χ2n) is 14.2.